The zero-order valence-corrected chi connectivity index (χ0v) is 23.4. The van der Waals surface area contributed by atoms with Crippen molar-refractivity contribution in [2.75, 3.05) is 0 Å². The quantitative estimate of drug-likeness (QED) is 0.161. The summed E-state index contributed by atoms with van der Waals surface area (Å²) in [5, 5.41) is 35.8. The van der Waals surface area contributed by atoms with Gasteiger partial charge in [-0.05, 0) is 42.7 Å². The molecule has 0 saturated heterocycles. The number of hydrogen-bond acceptors (Lipinski definition) is 6. The van der Waals surface area contributed by atoms with Gasteiger partial charge in [0.15, 0.2) is 23.8 Å². The Bertz CT molecular complexity index is 1960. The summed E-state index contributed by atoms with van der Waals surface area (Å²) in [5.74, 6) is -0.597. The Balaban J connectivity index is 1.69. The van der Waals surface area contributed by atoms with Crippen molar-refractivity contribution in [1.82, 2.24) is 10.3 Å². The summed E-state index contributed by atoms with van der Waals surface area (Å²) in [6.45, 7) is 3.47. The lowest BCUT2D eigenvalue weighted by atomic mass is 9.78. The maximum atomic E-state index is 13.4. The highest BCUT2D eigenvalue weighted by Crippen LogP contribution is 2.46. The lowest BCUT2D eigenvalue weighted by molar-refractivity contribution is -0.576. The fourth-order valence-electron chi connectivity index (χ4n) is 5.75. The van der Waals surface area contributed by atoms with E-state index in [4.69, 9.17) is 20.6 Å². The van der Waals surface area contributed by atoms with Crippen molar-refractivity contribution < 1.29 is 18.5 Å². The topological polar surface area (TPSA) is 106 Å². The second-order valence-electron chi connectivity index (χ2n) is 10.2. The molecule has 0 N–H and O–H groups in total. The van der Waals surface area contributed by atoms with Crippen LogP contribution in [-0.4, -0.2) is 10.3 Å². The number of hydrogen-bond donors (Lipinski definition) is 0. The largest absolute Gasteiger partial charge is 0.618 e. The first-order valence-corrected chi connectivity index (χ1v) is 13.7. The molecule has 9 heteroatoms. The molecule has 0 amide bonds. The van der Waals surface area contributed by atoms with Crippen LogP contribution < -0.4 is 9.46 Å². The number of aromatic nitrogens is 4. The van der Waals surface area contributed by atoms with E-state index in [1.165, 1.54) is 0 Å². The summed E-state index contributed by atoms with van der Waals surface area (Å²) in [6, 6.07) is 26.7. The summed E-state index contributed by atoms with van der Waals surface area (Å²) in [5.41, 5.74) is 7.41. The molecule has 0 fully saturated rings. The maximum Gasteiger partial charge on any atom is 0.287 e. The van der Waals surface area contributed by atoms with E-state index in [1.54, 1.807) is 26.2 Å². The third kappa shape index (κ3) is 4.07. The molecule has 0 spiro atoms. The Kier molecular flexibility index (Phi) is 6.13. The molecule has 0 unspecified atom stereocenters. The zero-order chi connectivity index (χ0) is 29.0. The van der Waals surface area contributed by atoms with E-state index in [1.807, 2.05) is 84.9 Å². The molecule has 4 heterocycles. The Morgan fingerprint density at radius 3 is 1.50 bits per heavy atom. The summed E-state index contributed by atoms with van der Waals surface area (Å²) < 4.78 is 13.5. The average molecular weight is 575 g/mol. The van der Waals surface area contributed by atoms with Crippen LogP contribution in [0, 0.1) is 24.3 Å². The molecule has 0 radical (unpaired) electrons. The molecule has 7 rings (SSSR count). The first-order valence-electron chi connectivity index (χ1n) is 13.3. The van der Waals surface area contributed by atoms with Gasteiger partial charge >= 0.3 is 0 Å². The van der Waals surface area contributed by atoms with Crippen LogP contribution in [0.1, 0.15) is 34.0 Å². The number of benzene rings is 3. The molecular formula is C33H23ClN4O4. The molecule has 0 aliphatic heterocycles. The Hall–Kier alpha value is -5.21. The molecule has 0 bridgehead atoms. The first kappa shape index (κ1) is 25.7. The summed E-state index contributed by atoms with van der Waals surface area (Å²) in [7, 11) is 0. The van der Waals surface area contributed by atoms with Gasteiger partial charge < -0.3 is 19.5 Å². The second kappa shape index (κ2) is 10.0. The van der Waals surface area contributed by atoms with Gasteiger partial charge in [0.2, 0.25) is 11.2 Å². The van der Waals surface area contributed by atoms with Gasteiger partial charge in [-0.25, -0.2) is 0 Å². The SMILES string of the molecule is Cc1noc2c(C(c3ccc(Cl)cc3)c3c(-c4ccccc4)c[n+]([O-])c4c(C)noc34)c(-c3ccccc3)c[n+]([O-])c12. The number of halogens is 1. The minimum absolute atomic E-state index is 0.324. The van der Waals surface area contributed by atoms with Crippen molar-refractivity contribution in [1.29, 1.82) is 0 Å². The third-order valence-electron chi connectivity index (χ3n) is 7.62. The van der Waals surface area contributed by atoms with E-state index < -0.39 is 5.92 Å². The Morgan fingerprint density at radius 2 is 1.07 bits per heavy atom. The van der Waals surface area contributed by atoms with E-state index in [9.17, 15) is 10.4 Å². The van der Waals surface area contributed by atoms with Gasteiger partial charge in [-0.15, -0.1) is 0 Å². The molecule has 42 heavy (non-hydrogen) atoms. The van der Waals surface area contributed by atoms with Crippen LogP contribution in [0.5, 0.6) is 0 Å². The van der Waals surface area contributed by atoms with Crippen LogP contribution in [0.3, 0.4) is 0 Å². The highest BCUT2D eigenvalue weighted by molar-refractivity contribution is 6.30. The van der Waals surface area contributed by atoms with Gasteiger partial charge in [-0.1, -0.05) is 94.7 Å². The summed E-state index contributed by atoms with van der Waals surface area (Å²) >= 11 is 6.35. The van der Waals surface area contributed by atoms with Gasteiger partial charge in [0.05, 0.1) is 11.1 Å². The van der Waals surface area contributed by atoms with Crippen LogP contribution in [0.4, 0.5) is 0 Å². The monoisotopic (exact) mass is 574 g/mol. The normalized spacial score (nSPS) is 11.6. The van der Waals surface area contributed by atoms with Crippen molar-refractivity contribution in [2.24, 2.45) is 0 Å². The highest BCUT2D eigenvalue weighted by atomic mass is 35.5. The fraction of sp³-hybridized carbons (Fsp3) is 0.0909. The van der Waals surface area contributed by atoms with Gasteiger partial charge in [0.1, 0.15) is 0 Å². The Morgan fingerprint density at radius 1 is 0.643 bits per heavy atom. The molecule has 0 aliphatic carbocycles. The van der Waals surface area contributed by atoms with E-state index in [0.717, 1.165) is 26.2 Å². The number of pyridine rings is 2. The fourth-order valence-corrected chi connectivity index (χ4v) is 5.88. The zero-order valence-electron chi connectivity index (χ0n) is 22.6. The lowest BCUT2D eigenvalue weighted by Crippen LogP contribution is -2.29. The van der Waals surface area contributed by atoms with Crippen molar-refractivity contribution in [2.45, 2.75) is 19.8 Å². The van der Waals surface area contributed by atoms with Crippen LogP contribution in [0.15, 0.2) is 106 Å². The molecule has 4 aromatic heterocycles. The van der Waals surface area contributed by atoms with Gasteiger partial charge in [0.25, 0.3) is 11.0 Å². The minimum Gasteiger partial charge on any atom is -0.618 e. The summed E-state index contributed by atoms with van der Waals surface area (Å²) in [6.07, 6.45) is 3.11. The van der Waals surface area contributed by atoms with Crippen molar-refractivity contribution in [3.05, 3.63) is 141 Å². The average Bonchev–Trinajstić information content (AvgIpc) is 3.60. The standard InChI is InChI=1S/C33H23ClN4O4/c1-19-30-32(41-35-19)28(25(17-37(30)39)21-9-5-3-6-10-21)27(23-13-15-24(34)16-14-23)29-26(22-11-7-4-8-12-22)18-38(40)31-20(2)36-42-33(29)31/h3-18,27H,1-2H3. The third-order valence-corrected chi connectivity index (χ3v) is 7.87. The highest BCUT2D eigenvalue weighted by Gasteiger charge is 2.36. The van der Waals surface area contributed by atoms with E-state index in [0.29, 0.717) is 60.9 Å². The lowest BCUT2D eigenvalue weighted by Gasteiger charge is -2.23. The van der Waals surface area contributed by atoms with Crippen molar-refractivity contribution in [3.8, 4) is 22.3 Å². The van der Waals surface area contributed by atoms with E-state index >= 15 is 0 Å². The van der Waals surface area contributed by atoms with Crippen LogP contribution >= 0.6 is 11.6 Å². The molecule has 3 aromatic carbocycles. The number of rotatable bonds is 5. The van der Waals surface area contributed by atoms with Gasteiger partial charge in [-0.3, -0.25) is 0 Å². The number of aryl methyl sites for hydroxylation is 2. The predicted molar refractivity (Wildman–Crippen MR) is 159 cm³/mol. The number of nitrogens with zero attached hydrogens (tertiary/aromatic N) is 4. The maximum absolute atomic E-state index is 13.4. The van der Waals surface area contributed by atoms with Crippen molar-refractivity contribution >= 4 is 33.8 Å². The molecule has 7 aromatic rings. The second-order valence-corrected chi connectivity index (χ2v) is 10.6. The molecule has 206 valence electrons. The first-order chi connectivity index (χ1) is 20.4. The minimum atomic E-state index is -0.597. The van der Waals surface area contributed by atoms with Crippen LogP contribution in [0.2, 0.25) is 5.02 Å². The molecule has 0 aliphatic rings. The van der Waals surface area contributed by atoms with E-state index in [-0.39, 0.29) is 0 Å². The predicted octanol–water partition coefficient (Wildman–Crippen LogP) is 7.02. The molecule has 0 atom stereocenters. The summed E-state index contributed by atoms with van der Waals surface area (Å²) in [4.78, 5) is 0. The molecular weight excluding hydrogens is 552 g/mol. The Labute approximate surface area is 245 Å². The van der Waals surface area contributed by atoms with Crippen LogP contribution in [0.25, 0.3) is 44.5 Å². The molecule has 8 nitrogen and oxygen atoms in total. The molecule has 0 saturated carbocycles. The van der Waals surface area contributed by atoms with Gasteiger partial charge in [0, 0.05) is 22.1 Å². The van der Waals surface area contributed by atoms with Gasteiger partial charge in [-0.2, -0.15) is 9.46 Å². The number of fused-ring (bicyclic) bond motifs is 2. The van der Waals surface area contributed by atoms with E-state index in [2.05, 4.69) is 10.3 Å². The van der Waals surface area contributed by atoms with Crippen LogP contribution in [-0.2, 0) is 0 Å². The van der Waals surface area contributed by atoms with Crippen molar-refractivity contribution in [3.63, 3.8) is 0 Å². The smallest absolute Gasteiger partial charge is 0.287 e.